The molecule has 22 heavy (non-hydrogen) atoms. The normalized spacial score (nSPS) is 12.4. The molecule has 0 fully saturated rings. The Morgan fingerprint density at radius 1 is 0.864 bits per heavy atom. The standard InChI is InChI=1S/C14H13N8/c15-17-19-21-22(20-18-16)14(13-9-5-2-6-10-13)11-12-7-3-1-4-8-12/h1-11,15-16H/q+1. The number of nitrogens with one attached hydrogen (secondary N) is 2. The average Bonchev–Trinajstić information content (AvgIpc) is 2.58. The van der Waals surface area contributed by atoms with Crippen LogP contribution in [0.15, 0.2) is 86.8 Å². The first-order valence-corrected chi connectivity index (χ1v) is 6.32. The second-order valence-electron chi connectivity index (χ2n) is 4.06. The van der Waals surface area contributed by atoms with Gasteiger partial charge in [-0.2, -0.15) is 5.53 Å². The van der Waals surface area contributed by atoms with Crippen molar-refractivity contribution >= 4 is 11.8 Å². The van der Waals surface area contributed by atoms with Crippen molar-refractivity contribution in [1.29, 1.82) is 11.1 Å². The summed E-state index contributed by atoms with van der Waals surface area (Å²) < 4.78 is 0. The molecule has 0 bridgehead atoms. The van der Waals surface area contributed by atoms with Crippen LogP contribution in [0.25, 0.3) is 11.8 Å². The molecule has 0 unspecified atom stereocenters. The molecule has 0 radical (unpaired) electrons. The molecule has 0 atom stereocenters. The molecule has 8 heteroatoms. The molecule has 0 amide bonds. The van der Waals surface area contributed by atoms with E-state index in [2.05, 4.69) is 26.1 Å². The first-order chi connectivity index (χ1) is 10.8. The van der Waals surface area contributed by atoms with E-state index in [-0.39, 0.29) is 0 Å². The van der Waals surface area contributed by atoms with Gasteiger partial charge in [0, 0.05) is 5.56 Å². The van der Waals surface area contributed by atoms with E-state index in [4.69, 9.17) is 11.1 Å². The van der Waals surface area contributed by atoms with E-state index in [9.17, 15) is 0 Å². The minimum absolute atomic E-state index is 0.551. The molecule has 108 valence electrons. The van der Waals surface area contributed by atoms with Gasteiger partial charge in [-0.25, -0.2) is 0 Å². The maximum absolute atomic E-state index is 6.91. The monoisotopic (exact) mass is 293 g/mol. The van der Waals surface area contributed by atoms with Gasteiger partial charge in [-0.05, 0) is 16.4 Å². The van der Waals surface area contributed by atoms with E-state index < -0.39 is 0 Å². The first-order valence-electron chi connectivity index (χ1n) is 6.32. The van der Waals surface area contributed by atoms with Crippen LogP contribution in [0, 0.1) is 11.1 Å². The van der Waals surface area contributed by atoms with Crippen molar-refractivity contribution in [3.8, 4) is 0 Å². The Labute approximate surface area is 126 Å². The van der Waals surface area contributed by atoms with Crippen LogP contribution in [0.4, 0.5) is 0 Å². The molecule has 2 aromatic carbocycles. The summed E-state index contributed by atoms with van der Waals surface area (Å²) in [6.07, 6.45) is 1.83. The van der Waals surface area contributed by atoms with Gasteiger partial charge in [-0.15, -0.1) is 5.53 Å². The lowest BCUT2D eigenvalue weighted by molar-refractivity contribution is -0.521. The predicted octanol–water partition coefficient (Wildman–Crippen LogP) is 4.91. The predicted molar refractivity (Wildman–Crippen MR) is 78.6 cm³/mol. The van der Waals surface area contributed by atoms with Crippen molar-refractivity contribution in [2.75, 3.05) is 0 Å². The van der Waals surface area contributed by atoms with Crippen LogP contribution < -0.4 is 0 Å². The average molecular weight is 293 g/mol. The van der Waals surface area contributed by atoms with Gasteiger partial charge in [0.1, 0.15) is 15.7 Å². The number of benzene rings is 2. The minimum Gasteiger partial charge on any atom is -0.168 e. The molecule has 0 saturated carbocycles. The molecule has 0 aliphatic rings. The quantitative estimate of drug-likeness (QED) is 0.326. The van der Waals surface area contributed by atoms with Crippen LogP contribution in [-0.2, 0) is 0 Å². The van der Waals surface area contributed by atoms with Crippen LogP contribution in [0.3, 0.4) is 0 Å². The highest BCUT2D eigenvalue weighted by atomic mass is 15.7. The molecule has 0 aliphatic heterocycles. The maximum Gasteiger partial charge on any atom is 0.161 e. The summed E-state index contributed by atoms with van der Waals surface area (Å²) in [4.78, 5) is 1.05. The highest BCUT2D eigenvalue weighted by Crippen LogP contribution is 2.20. The van der Waals surface area contributed by atoms with E-state index in [1.54, 1.807) is 0 Å². The molecule has 8 nitrogen and oxygen atoms in total. The zero-order valence-corrected chi connectivity index (χ0v) is 11.5. The van der Waals surface area contributed by atoms with E-state index in [1.807, 2.05) is 66.7 Å². The molecule has 0 spiro atoms. The fraction of sp³-hybridized carbons (Fsp3) is 0. The minimum atomic E-state index is 0.551. The second-order valence-corrected chi connectivity index (χ2v) is 4.06. The third kappa shape index (κ3) is 4.04. The molecular formula is C14H13N8+. The summed E-state index contributed by atoms with van der Waals surface area (Å²) in [5.41, 5.74) is 15.9. The summed E-state index contributed by atoms with van der Waals surface area (Å²) in [6.45, 7) is 0. The highest BCUT2D eigenvalue weighted by Gasteiger charge is 2.13. The van der Waals surface area contributed by atoms with Crippen molar-refractivity contribution in [3.05, 3.63) is 71.8 Å². The first kappa shape index (κ1) is 15.0. The van der Waals surface area contributed by atoms with E-state index in [0.29, 0.717) is 5.70 Å². The fourth-order valence-electron chi connectivity index (χ4n) is 1.79. The van der Waals surface area contributed by atoms with Crippen molar-refractivity contribution in [3.63, 3.8) is 0 Å². The molecule has 2 N–H and O–H groups in total. The Hall–Kier alpha value is -3.42. The molecule has 0 aromatic heterocycles. The van der Waals surface area contributed by atoms with Gasteiger partial charge in [0.05, 0.1) is 5.22 Å². The van der Waals surface area contributed by atoms with Crippen molar-refractivity contribution in [1.82, 2.24) is 0 Å². The molecule has 0 aliphatic carbocycles. The Kier molecular flexibility index (Phi) is 5.45. The Bertz CT molecular complexity index is 719. The lowest BCUT2D eigenvalue weighted by Gasteiger charge is -2.03. The zero-order chi connectivity index (χ0) is 15.6. The third-order valence-electron chi connectivity index (χ3n) is 2.69. The van der Waals surface area contributed by atoms with Gasteiger partial charge in [0.2, 0.25) is 0 Å². The Balaban J connectivity index is 2.57. The molecule has 0 heterocycles. The topological polar surface area (TPSA) is 113 Å². The van der Waals surface area contributed by atoms with Gasteiger partial charge >= 0.3 is 0 Å². The van der Waals surface area contributed by atoms with Crippen LogP contribution in [-0.4, -0.2) is 4.81 Å². The number of hydrogen-bond acceptors (Lipinski definition) is 2. The third-order valence-corrected chi connectivity index (χ3v) is 2.69. The highest BCUT2D eigenvalue weighted by molar-refractivity contribution is 5.76. The van der Waals surface area contributed by atoms with Gasteiger partial charge in [0.15, 0.2) is 10.9 Å². The Morgan fingerprint density at radius 2 is 1.50 bits per heavy atom. The van der Waals surface area contributed by atoms with Crippen molar-refractivity contribution in [2.45, 2.75) is 0 Å². The van der Waals surface area contributed by atoms with Crippen molar-refractivity contribution in [2.24, 2.45) is 26.1 Å². The van der Waals surface area contributed by atoms with E-state index >= 15 is 0 Å². The summed E-state index contributed by atoms with van der Waals surface area (Å²) in [6, 6.07) is 18.9. The van der Waals surface area contributed by atoms with Gasteiger partial charge in [-0.3, -0.25) is 0 Å². The number of rotatable bonds is 6. The number of hydrogen-bond donors (Lipinski definition) is 2. The molecule has 2 rings (SSSR count). The summed E-state index contributed by atoms with van der Waals surface area (Å²) in [5.74, 6) is 0. The Morgan fingerprint density at radius 3 is 2.09 bits per heavy atom. The van der Waals surface area contributed by atoms with Crippen LogP contribution in [0.5, 0.6) is 0 Å². The van der Waals surface area contributed by atoms with Gasteiger partial charge in [-0.1, -0.05) is 60.7 Å². The van der Waals surface area contributed by atoms with Crippen LogP contribution in [0.2, 0.25) is 0 Å². The van der Waals surface area contributed by atoms with Crippen molar-refractivity contribution < 1.29 is 4.81 Å². The smallest absolute Gasteiger partial charge is 0.161 e. The largest absolute Gasteiger partial charge is 0.168 e. The molecule has 2 aromatic rings. The van der Waals surface area contributed by atoms with E-state index in [1.165, 1.54) is 0 Å². The second kappa shape index (κ2) is 8.00. The lowest BCUT2D eigenvalue weighted by Crippen LogP contribution is -2.00. The van der Waals surface area contributed by atoms with E-state index in [0.717, 1.165) is 15.9 Å². The lowest BCUT2D eigenvalue weighted by atomic mass is 10.1. The SMILES string of the molecule is N=NN=N[N+](=NN=N)C(=Cc1ccccc1)c1ccccc1. The molecule has 0 saturated heterocycles. The number of nitrogens with zero attached hydrogens (tertiary/aromatic N) is 6. The maximum atomic E-state index is 6.91. The summed E-state index contributed by atoms with van der Waals surface area (Å²) >= 11 is 0. The van der Waals surface area contributed by atoms with Crippen LogP contribution >= 0.6 is 0 Å². The van der Waals surface area contributed by atoms with Gasteiger partial charge < -0.3 is 0 Å². The molecular weight excluding hydrogens is 280 g/mol. The zero-order valence-electron chi connectivity index (χ0n) is 11.5. The van der Waals surface area contributed by atoms with Crippen LogP contribution in [0.1, 0.15) is 11.1 Å². The summed E-state index contributed by atoms with van der Waals surface area (Å²) in [5, 5.41) is 16.3. The van der Waals surface area contributed by atoms with Gasteiger partial charge in [0.25, 0.3) is 0 Å². The fourth-order valence-corrected chi connectivity index (χ4v) is 1.79. The summed E-state index contributed by atoms with van der Waals surface area (Å²) in [7, 11) is 0.